The van der Waals surface area contributed by atoms with Crippen LogP contribution in [0.15, 0.2) is 41.2 Å². The Morgan fingerprint density at radius 3 is 2.57 bits per heavy atom. The van der Waals surface area contributed by atoms with Gasteiger partial charge in [0.1, 0.15) is 0 Å². The zero-order valence-corrected chi connectivity index (χ0v) is 16.4. The number of H-pyrrole nitrogens is 2. The Labute approximate surface area is 172 Å². The van der Waals surface area contributed by atoms with E-state index in [4.69, 9.17) is 9.47 Å². The van der Waals surface area contributed by atoms with Crippen LogP contribution >= 0.6 is 0 Å². The molecule has 2 aromatic carbocycles. The molecule has 1 aromatic heterocycles. The maximum atomic E-state index is 12.4. The van der Waals surface area contributed by atoms with Crippen LogP contribution in [0.1, 0.15) is 5.56 Å². The summed E-state index contributed by atoms with van der Waals surface area (Å²) >= 11 is 0. The Hall–Kier alpha value is -3.30. The number of aromatic amines is 2. The molecule has 1 amide bonds. The van der Waals surface area contributed by atoms with Gasteiger partial charge in [-0.05, 0) is 35.9 Å². The second-order valence-corrected chi connectivity index (χ2v) is 7.63. The van der Waals surface area contributed by atoms with Gasteiger partial charge in [0.05, 0.1) is 17.6 Å². The Kier molecular flexibility index (Phi) is 4.89. The fourth-order valence-corrected chi connectivity index (χ4v) is 3.92. The van der Waals surface area contributed by atoms with E-state index < -0.39 is 0 Å². The van der Waals surface area contributed by atoms with E-state index in [0.29, 0.717) is 17.7 Å². The summed E-state index contributed by atoms with van der Waals surface area (Å²) in [5.74, 6) is 1.55. The zero-order valence-electron chi connectivity index (χ0n) is 16.4. The molecule has 0 saturated carbocycles. The molecule has 0 aliphatic carbocycles. The van der Waals surface area contributed by atoms with E-state index in [1.165, 1.54) is 5.56 Å². The Balaban J connectivity index is 1.11. The smallest absolute Gasteiger partial charge is 0.323 e. The summed E-state index contributed by atoms with van der Waals surface area (Å²) in [7, 11) is 0. The Morgan fingerprint density at radius 2 is 1.70 bits per heavy atom. The van der Waals surface area contributed by atoms with Crippen molar-refractivity contribution in [1.82, 2.24) is 19.8 Å². The number of nitrogens with zero attached hydrogens (tertiary/aromatic N) is 2. The molecule has 9 heteroatoms. The van der Waals surface area contributed by atoms with Crippen molar-refractivity contribution in [3.63, 3.8) is 0 Å². The topological polar surface area (TPSA) is 103 Å². The minimum Gasteiger partial charge on any atom is -0.454 e. The second kappa shape index (κ2) is 7.85. The number of amides is 1. The van der Waals surface area contributed by atoms with Crippen molar-refractivity contribution >= 4 is 22.6 Å². The lowest BCUT2D eigenvalue weighted by Crippen LogP contribution is -2.48. The third-order valence-corrected chi connectivity index (χ3v) is 5.48. The van der Waals surface area contributed by atoms with E-state index in [0.717, 1.165) is 49.7 Å². The molecule has 30 heavy (non-hydrogen) atoms. The summed E-state index contributed by atoms with van der Waals surface area (Å²) in [5, 5.41) is 2.91. The van der Waals surface area contributed by atoms with E-state index in [9.17, 15) is 9.59 Å². The molecular formula is C21H23N5O4. The molecule has 1 fully saturated rings. The third kappa shape index (κ3) is 4.03. The normalized spacial score (nSPS) is 16.8. The van der Waals surface area contributed by atoms with Crippen LogP contribution < -0.4 is 20.5 Å². The number of nitrogens with one attached hydrogen (secondary N) is 3. The minimum absolute atomic E-state index is 0.0588. The van der Waals surface area contributed by atoms with Crippen molar-refractivity contribution in [3.05, 3.63) is 52.4 Å². The van der Waals surface area contributed by atoms with E-state index in [1.807, 2.05) is 12.1 Å². The quantitative estimate of drug-likeness (QED) is 0.588. The van der Waals surface area contributed by atoms with E-state index in [1.54, 1.807) is 18.2 Å². The average Bonchev–Trinajstić information content (AvgIpc) is 3.34. The largest absolute Gasteiger partial charge is 0.454 e. The van der Waals surface area contributed by atoms with Crippen LogP contribution in [0.25, 0.3) is 11.0 Å². The van der Waals surface area contributed by atoms with Crippen LogP contribution in [-0.4, -0.2) is 65.2 Å². The molecular weight excluding hydrogens is 386 g/mol. The number of rotatable bonds is 5. The summed E-state index contributed by atoms with van der Waals surface area (Å²) in [4.78, 5) is 33.7. The van der Waals surface area contributed by atoms with Crippen molar-refractivity contribution < 1.29 is 14.3 Å². The van der Waals surface area contributed by atoms with Gasteiger partial charge in [-0.25, -0.2) is 4.79 Å². The second-order valence-electron chi connectivity index (χ2n) is 7.63. The van der Waals surface area contributed by atoms with Gasteiger partial charge in [-0.3, -0.25) is 14.6 Å². The number of hydrogen-bond donors (Lipinski definition) is 3. The van der Waals surface area contributed by atoms with Crippen molar-refractivity contribution in [1.29, 1.82) is 0 Å². The maximum Gasteiger partial charge on any atom is 0.323 e. The number of aromatic nitrogens is 2. The standard InChI is InChI=1S/C21H23N5O4/c27-20(22-15-2-3-16-17(10-15)24-21(28)23-16)12-26-7-5-25(6-8-26)11-14-1-4-18-19(9-14)30-13-29-18/h1-4,9-10H,5-8,11-13H2,(H,22,27)(H2,23,24,28). The Morgan fingerprint density at radius 1 is 0.933 bits per heavy atom. The van der Waals surface area contributed by atoms with Gasteiger partial charge in [-0.2, -0.15) is 0 Å². The van der Waals surface area contributed by atoms with Gasteiger partial charge >= 0.3 is 5.69 Å². The number of hydrogen-bond acceptors (Lipinski definition) is 6. The monoisotopic (exact) mass is 409 g/mol. The molecule has 3 N–H and O–H groups in total. The number of carbonyl (C=O) groups excluding carboxylic acids is 1. The lowest BCUT2D eigenvalue weighted by Gasteiger charge is -2.34. The summed E-state index contributed by atoms with van der Waals surface area (Å²) in [6, 6.07) is 11.4. The van der Waals surface area contributed by atoms with Gasteiger partial charge in [0.2, 0.25) is 12.7 Å². The van der Waals surface area contributed by atoms with E-state index in [-0.39, 0.29) is 18.4 Å². The zero-order chi connectivity index (χ0) is 20.5. The number of fused-ring (bicyclic) bond motifs is 2. The highest BCUT2D eigenvalue weighted by atomic mass is 16.7. The minimum atomic E-state index is -0.257. The predicted octanol–water partition coefficient (Wildman–Crippen LogP) is 1.34. The fourth-order valence-electron chi connectivity index (χ4n) is 3.92. The fraction of sp³-hybridized carbons (Fsp3) is 0.333. The average molecular weight is 409 g/mol. The highest BCUT2D eigenvalue weighted by Gasteiger charge is 2.20. The van der Waals surface area contributed by atoms with Crippen LogP contribution in [0.5, 0.6) is 11.5 Å². The summed E-state index contributed by atoms with van der Waals surface area (Å²) < 4.78 is 10.8. The summed E-state index contributed by atoms with van der Waals surface area (Å²) in [6.45, 7) is 4.96. The lowest BCUT2D eigenvalue weighted by atomic mass is 10.1. The SMILES string of the molecule is O=C(CN1CCN(Cc2ccc3c(c2)OCO3)CC1)Nc1ccc2[nH]c(=O)[nH]c2c1. The molecule has 1 saturated heterocycles. The van der Waals surface area contributed by atoms with Gasteiger partial charge in [0.25, 0.3) is 0 Å². The van der Waals surface area contributed by atoms with Gasteiger partial charge in [0, 0.05) is 38.4 Å². The molecule has 0 spiro atoms. The van der Waals surface area contributed by atoms with Crippen molar-refractivity contribution in [2.24, 2.45) is 0 Å². The summed E-state index contributed by atoms with van der Waals surface area (Å²) in [5.41, 5.74) is 3.01. The van der Waals surface area contributed by atoms with Crippen LogP contribution in [0.2, 0.25) is 0 Å². The first-order valence-electron chi connectivity index (χ1n) is 9.97. The highest BCUT2D eigenvalue weighted by molar-refractivity contribution is 5.94. The molecule has 0 radical (unpaired) electrons. The molecule has 2 aliphatic rings. The molecule has 0 bridgehead atoms. The third-order valence-electron chi connectivity index (χ3n) is 5.48. The number of imidazole rings is 1. The van der Waals surface area contributed by atoms with Crippen LogP contribution in [-0.2, 0) is 11.3 Å². The Bertz CT molecular complexity index is 1130. The van der Waals surface area contributed by atoms with Crippen LogP contribution in [0.4, 0.5) is 5.69 Å². The van der Waals surface area contributed by atoms with Crippen molar-refractivity contribution in [2.75, 3.05) is 44.8 Å². The number of benzene rings is 2. The molecule has 2 aliphatic heterocycles. The lowest BCUT2D eigenvalue weighted by molar-refractivity contribution is -0.117. The van der Waals surface area contributed by atoms with E-state index >= 15 is 0 Å². The highest BCUT2D eigenvalue weighted by Crippen LogP contribution is 2.32. The molecule has 156 valence electrons. The van der Waals surface area contributed by atoms with Gasteiger partial charge in [-0.1, -0.05) is 6.07 Å². The number of ether oxygens (including phenoxy) is 2. The molecule has 3 heterocycles. The van der Waals surface area contributed by atoms with Crippen molar-refractivity contribution in [3.8, 4) is 11.5 Å². The first-order chi connectivity index (χ1) is 14.6. The van der Waals surface area contributed by atoms with Crippen molar-refractivity contribution in [2.45, 2.75) is 6.54 Å². The van der Waals surface area contributed by atoms with Gasteiger partial charge in [0.15, 0.2) is 11.5 Å². The number of anilines is 1. The molecule has 9 nitrogen and oxygen atoms in total. The molecule has 0 unspecified atom stereocenters. The van der Waals surface area contributed by atoms with E-state index in [2.05, 4.69) is 31.2 Å². The number of piperazine rings is 1. The van der Waals surface area contributed by atoms with Crippen LogP contribution in [0, 0.1) is 0 Å². The number of carbonyl (C=O) groups is 1. The molecule has 3 aromatic rings. The van der Waals surface area contributed by atoms with Gasteiger partial charge in [-0.15, -0.1) is 0 Å². The molecule has 0 atom stereocenters. The maximum absolute atomic E-state index is 12.4. The van der Waals surface area contributed by atoms with Gasteiger partial charge < -0.3 is 24.8 Å². The van der Waals surface area contributed by atoms with Crippen LogP contribution in [0.3, 0.4) is 0 Å². The molecule has 5 rings (SSSR count). The predicted molar refractivity (Wildman–Crippen MR) is 112 cm³/mol. The summed E-state index contributed by atoms with van der Waals surface area (Å²) in [6.07, 6.45) is 0. The first kappa shape index (κ1) is 18.7. The first-order valence-corrected chi connectivity index (χ1v) is 9.97.